The summed E-state index contributed by atoms with van der Waals surface area (Å²) >= 11 is 0. The van der Waals surface area contributed by atoms with Gasteiger partial charge in [-0.25, -0.2) is 13.6 Å². The molecule has 0 unspecified atom stereocenters. The Labute approximate surface area is 112 Å². The number of alkyl halides is 7. The van der Waals surface area contributed by atoms with Crippen molar-refractivity contribution < 1.29 is 45.4 Å². The monoisotopic (exact) mass is 320 g/mol. The number of hydrogen-bond donors (Lipinski definition) is 1. The lowest BCUT2D eigenvalue weighted by Gasteiger charge is -2.17. The smallest absolute Gasteiger partial charge is 0.416 e. The van der Waals surface area contributed by atoms with Crippen LogP contribution in [0.4, 0.5) is 30.7 Å². The van der Waals surface area contributed by atoms with Gasteiger partial charge in [0.1, 0.15) is 11.3 Å². The number of benzene rings is 1. The van der Waals surface area contributed by atoms with Crippen LogP contribution in [0.5, 0.6) is 5.75 Å². The van der Waals surface area contributed by atoms with E-state index in [1.165, 1.54) is 0 Å². The highest BCUT2D eigenvalue weighted by Crippen LogP contribution is 2.33. The van der Waals surface area contributed by atoms with E-state index in [1.54, 1.807) is 0 Å². The van der Waals surface area contributed by atoms with Gasteiger partial charge in [-0.05, 0) is 18.2 Å². The molecule has 0 spiro atoms. The van der Waals surface area contributed by atoms with Crippen LogP contribution in [0.2, 0.25) is 0 Å². The zero-order valence-corrected chi connectivity index (χ0v) is 9.93. The Bertz CT molecular complexity index is 525. The minimum Gasteiger partial charge on any atom is -0.486 e. The van der Waals surface area contributed by atoms with Crippen LogP contribution in [0.1, 0.15) is 15.9 Å². The summed E-state index contributed by atoms with van der Waals surface area (Å²) in [5, 5.41) is 8.71. The predicted molar refractivity (Wildman–Crippen MR) is 54.8 cm³/mol. The molecule has 1 aromatic rings. The number of halogens is 7. The SMILES string of the molecule is O=C(O)c1cc(C(F)(F)F)ccc1OCC(F)(F)C(F)F. The Morgan fingerprint density at radius 2 is 1.76 bits per heavy atom. The molecule has 3 nitrogen and oxygen atoms in total. The lowest BCUT2D eigenvalue weighted by Crippen LogP contribution is -2.34. The molecule has 10 heteroatoms. The predicted octanol–water partition coefficient (Wildman–Crippen LogP) is 3.68. The highest BCUT2D eigenvalue weighted by molar-refractivity contribution is 5.91. The van der Waals surface area contributed by atoms with Gasteiger partial charge in [-0.3, -0.25) is 0 Å². The first-order chi connectivity index (χ1) is 9.45. The summed E-state index contributed by atoms with van der Waals surface area (Å²) in [6.07, 6.45) is -8.91. The third-order valence-corrected chi connectivity index (χ3v) is 2.28. The van der Waals surface area contributed by atoms with Crippen molar-refractivity contribution in [2.24, 2.45) is 0 Å². The molecule has 0 atom stereocenters. The molecule has 0 saturated heterocycles. The Morgan fingerprint density at radius 1 is 1.19 bits per heavy atom. The fourth-order valence-electron chi connectivity index (χ4n) is 1.24. The number of rotatable bonds is 5. The fourth-order valence-corrected chi connectivity index (χ4v) is 1.24. The minimum absolute atomic E-state index is 0.165. The van der Waals surface area contributed by atoms with E-state index in [9.17, 15) is 35.5 Å². The topological polar surface area (TPSA) is 46.5 Å². The second-order valence-corrected chi connectivity index (χ2v) is 3.86. The van der Waals surface area contributed by atoms with Gasteiger partial charge in [0.2, 0.25) is 0 Å². The van der Waals surface area contributed by atoms with Gasteiger partial charge in [0, 0.05) is 0 Å². The third-order valence-electron chi connectivity index (χ3n) is 2.28. The molecule has 0 aliphatic heterocycles. The van der Waals surface area contributed by atoms with E-state index < -0.39 is 48.0 Å². The van der Waals surface area contributed by atoms with E-state index in [-0.39, 0.29) is 6.07 Å². The molecule has 0 aliphatic carbocycles. The van der Waals surface area contributed by atoms with Crippen LogP contribution in [0.3, 0.4) is 0 Å². The van der Waals surface area contributed by atoms with Crippen LogP contribution in [-0.2, 0) is 6.18 Å². The standard InChI is InChI=1S/C11H7F7O3/c12-9(13)10(14,15)4-21-7-2-1-5(11(16,17)18)3-6(7)8(19)20/h1-3,9H,4H2,(H,19,20). The molecule has 0 aromatic heterocycles. The number of carboxylic acid groups (broad SMARTS) is 1. The van der Waals surface area contributed by atoms with Crippen LogP contribution in [0, 0.1) is 0 Å². The molecule has 0 radical (unpaired) electrons. The van der Waals surface area contributed by atoms with E-state index in [2.05, 4.69) is 4.74 Å². The second-order valence-electron chi connectivity index (χ2n) is 3.86. The van der Waals surface area contributed by atoms with Crippen molar-refractivity contribution in [2.45, 2.75) is 18.5 Å². The summed E-state index contributed by atoms with van der Waals surface area (Å²) in [7, 11) is 0. The molecule has 0 heterocycles. The maximum atomic E-state index is 12.6. The molecule has 0 saturated carbocycles. The van der Waals surface area contributed by atoms with Crippen LogP contribution in [-0.4, -0.2) is 30.0 Å². The third kappa shape index (κ3) is 4.23. The second kappa shape index (κ2) is 5.78. The number of carbonyl (C=O) groups is 1. The highest BCUT2D eigenvalue weighted by atomic mass is 19.4. The average molecular weight is 320 g/mol. The minimum atomic E-state index is -4.85. The van der Waals surface area contributed by atoms with Crippen molar-refractivity contribution in [3.8, 4) is 5.75 Å². The summed E-state index contributed by atoms with van der Waals surface area (Å²) in [4.78, 5) is 10.8. The van der Waals surface area contributed by atoms with Crippen molar-refractivity contribution in [1.82, 2.24) is 0 Å². The van der Waals surface area contributed by atoms with Crippen molar-refractivity contribution in [3.63, 3.8) is 0 Å². The molecular weight excluding hydrogens is 313 g/mol. The number of aromatic carboxylic acids is 1. The van der Waals surface area contributed by atoms with Gasteiger partial charge < -0.3 is 9.84 Å². The molecule has 118 valence electrons. The Morgan fingerprint density at radius 3 is 2.19 bits per heavy atom. The van der Waals surface area contributed by atoms with Gasteiger partial charge in [0.15, 0.2) is 6.61 Å². The Kier molecular flexibility index (Phi) is 4.69. The van der Waals surface area contributed by atoms with Crippen LogP contribution >= 0.6 is 0 Å². The van der Waals surface area contributed by atoms with Gasteiger partial charge in [0.25, 0.3) is 0 Å². The molecule has 0 bridgehead atoms. The van der Waals surface area contributed by atoms with Crippen LogP contribution in [0.15, 0.2) is 18.2 Å². The quantitative estimate of drug-likeness (QED) is 0.842. The summed E-state index contributed by atoms with van der Waals surface area (Å²) in [6, 6.07) is 1.04. The van der Waals surface area contributed by atoms with Crippen molar-refractivity contribution in [3.05, 3.63) is 29.3 Å². The molecule has 1 N–H and O–H groups in total. The summed E-state index contributed by atoms with van der Waals surface area (Å²) < 4.78 is 90.4. The Hall–Kier alpha value is -2.00. The van der Waals surface area contributed by atoms with Gasteiger partial charge in [0.05, 0.1) is 5.56 Å². The van der Waals surface area contributed by atoms with Crippen molar-refractivity contribution in [2.75, 3.05) is 6.61 Å². The molecule has 1 aromatic carbocycles. The molecule has 0 aliphatic rings. The van der Waals surface area contributed by atoms with Gasteiger partial charge in [-0.15, -0.1) is 0 Å². The number of carboxylic acids is 1. The first kappa shape index (κ1) is 17.1. The Balaban J connectivity index is 3.06. The molecule has 0 fully saturated rings. The van der Waals surface area contributed by atoms with Crippen molar-refractivity contribution in [1.29, 1.82) is 0 Å². The first-order valence-electron chi connectivity index (χ1n) is 5.18. The first-order valence-corrected chi connectivity index (χ1v) is 5.18. The summed E-state index contributed by atoms with van der Waals surface area (Å²) in [5.74, 6) is -7.30. The zero-order chi connectivity index (χ0) is 16.4. The number of ether oxygens (including phenoxy) is 1. The maximum absolute atomic E-state index is 12.6. The van der Waals surface area contributed by atoms with E-state index in [1.807, 2.05) is 0 Å². The van der Waals surface area contributed by atoms with Gasteiger partial charge >= 0.3 is 24.5 Å². The van der Waals surface area contributed by atoms with Crippen molar-refractivity contribution >= 4 is 5.97 Å². The lowest BCUT2D eigenvalue weighted by atomic mass is 10.1. The van der Waals surface area contributed by atoms with E-state index >= 15 is 0 Å². The molecule has 1 rings (SSSR count). The summed E-state index contributed by atoms with van der Waals surface area (Å²) in [5.41, 5.74) is -2.40. The molecule has 0 amide bonds. The molecular formula is C11H7F7O3. The average Bonchev–Trinajstić information content (AvgIpc) is 2.34. The summed E-state index contributed by atoms with van der Waals surface area (Å²) in [6.45, 7) is -1.86. The fraction of sp³-hybridized carbons (Fsp3) is 0.364. The zero-order valence-electron chi connectivity index (χ0n) is 9.93. The van der Waals surface area contributed by atoms with E-state index in [0.717, 1.165) is 0 Å². The number of hydrogen-bond acceptors (Lipinski definition) is 2. The largest absolute Gasteiger partial charge is 0.486 e. The van der Waals surface area contributed by atoms with Crippen LogP contribution in [0.25, 0.3) is 0 Å². The van der Waals surface area contributed by atoms with Gasteiger partial charge in [-0.2, -0.15) is 22.0 Å². The highest BCUT2D eigenvalue weighted by Gasteiger charge is 2.42. The normalized spacial score (nSPS) is 12.6. The van der Waals surface area contributed by atoms with Gasteiger partial charge in [-0.1, -0.05) is 0 Å². The van der Waals surface area contributed by atoms with Crippen LogP contribution < -0.4 is 4.74 Å². The molecule has 21 heavy (non-hydrogen) atoms. The maximum Gasteiger partial charge on any atom is 0.416 e. The van der Waals surface area contributed by atoms with E-state index in [0.29, 0.717) is 12.1 Å². The lowest BCUT2D eigenvalue weighted by molar-refractivity contribution is -0.148. The van der Waals surface area contributed by atoms with E-state index in [4.69, 9.17) is 5.11 Å².